The number of fused-ring (bicyclic) bond motifs is 1. The van der Waals surface area contributed by atoms with E-state index in [0.717, 1.165) is 6.26 Å². The van der Waals surface area contributed by atoms with E-state index in [1.807, 2.05) is 6.92 Å². The first-order valence-corrected chi connectivity index (χ1v) is 9.62. The van der Waals surface area contributed by atoms with Crippen molar-refractivity contribution >= 4 is 20.6 Å². The number of aromatic nitrogens is 2. The van der Waals surface area contributed by atoms with E-state index in [-0.39, 0.29) is 10.5 Å². The number of benzene rings is 1. The molecule has 0 fully saturated rings. The van der Waals surface area contributed by atoms with Crippen LogP contribution in [0.25, 0.3) is 21.9 Å². The third kappa shape index (κ3) is 3.15. The summed E-state index contributed by atoms with van der Waals surface area (Å²) in [6.45, 7) is 2.29. The van der Waals surface area contributed by atoms with E-state index in [0.29, 0.717) is 34.3 Å². The molecule has 0 radical (unpaired) electrons. The standard InChI is InChI=1S/C18H18N2O4S/c1-4-24-17-6-5-12(25(3,22)23)9-14(17)16-11-20(2)18(21)13-7-8-19-10-15(13)16/h5-11H,4H2,1-3H3. The van der Waals surface area contributed by atoms with E-state index in [4.69, 9.17) is 4.74 Å². The van der Waals surface area contributed by atoms with E-state index >= 15 is 0 Å². The van der Waals surface area contributed by atoms with Gasteiger partial charge in [-0.05, 0) is 31.2 Å². The highest BCUT2D eigenvalue weighted by atomic mass is 32.2. The molecule has 0 amide bonds. The monoisotopic (exact) mass is 358 g/mol. The minimum Gasteiger partial charge on any atom is -0.493 e. The fourth-order valence-electron chi connectivity index (χ4n) is 2.75. The molecule has 0 atom stereocenters. The minimum absolute atomic E-state index is 0.140. The predicted molar refractivity (Wildman–Crippen MR) is 96.7 cm³/mol. The lowest BCUT2D eigenvalue weighted by molar-refractivity contribution is 0.341. The predicted octanol–water partition coefficient (Wildman–Crippen LogP) is 2.40. The van der Waals surface area contributed by atoms with Gasteiger partial charge in [0.1, 0.15) is 5.75 Å². The molecule has 0 N–H and O–H groups in total. The van der Waals surface area contributed by atoms with Crippen LogP contribution in [0.4, 0.5) is 0 Å². The molecule has 7 heteroatoms. The van der Waals surface area contributed by atoms with Crippen molar-refractivity contribution in [2.75, 3.05) is 12.9 Å². The largest absolute Gasteiger partial charge is 0.493 e. The van der Waals surface area contributed by atoms with Gasteiger partial charge in [-0.1, -0.05) is 0 Å². The van der Waals surface area contributed by atoms with Gasteiger partial charge in [-0.25, -0.2) is 8.42 Å². The van der Waals surface area contributed by atoms with Crippen molar-refractivity contribution in [3.05, 3.63) is 53.2 Å². The van der Waals surface area contributed by atoms with E-state index in [1.54, 1.807) is 43.8 Å². The van der Waals surface area contributed by atoms with Crippen molar-refractivity contribution in [3.63, 3.8) is 0 Å². The van der Waals surface area contributed by atoms with Gasteiger partial charge in [0.15, 0.2) is 9.84 Å². The highest BCUT2D eigenvalue weighted by Gasteiger charge is 2.17. The van der Waals surface area contributed by atoms with Crippen molar-refractivity contribution in [2.24, 2.45) is 7.05 Å². The zero-order valence-electron chi connectivity index (χ0n) is 14.2. The molecule has 130 valence electrons. The molecule has 0 saturated heterocycles. The lowest BCUT2D eigenvalue weighted by atomic mass is 10.0. The Morgan fingerprint density at radius 3 is 2.60 bits per heavy atom. The van der Waals surface area contributed by atoms with Gasteiger partial charge in [0, 0.05) is 48.4 Å². The van der Waals surface area contributed by atoms with E-state index in [1.165, 1.54) is 10.6 Å². The maximum absolute atomic E-state index is 12.4. The molecule has 0 saturated carbocycles. The van der Waals surface area contributed by atoms with Crippen LogP contribution in [0, 0.1) is 0 Å². The molecule has 3 rings (SSSR count). The van der Waals surface area contributed by atoms with Gasteiger partial charge in [0.05, 0.1) is 16.9 Å². The van der Waals surface area contributed by atoms with E-state index < -0.39 is 9.84 Å². The Balaban J connectivity index is 2.41. The zero-order valence-corrected chi connectivity index (χ0v) is 15.0. The summed E-state index contributed by atoms with van der Waals surface area (Å²) in [5, 5.41) is 1.17. The van der Waals surface area contributed by atoms with Crippen molar-refractivity contribution < 1.29 is 13.2 Å². The normalized spacial score (nSPS) is 11.6. The third-order valence-electron chi connectivity index (χ3n) is 3.95. The van der Waals surface area contributed by atoms with Crippen molar-refractivity contribution in [3.8, 4) is 16.9 Å². The molecule has 2 aromatic heterocycles. The van der Waals surface area contributed by atoms with Gasteiger partial charge in [0.2, 0.25) is 0 Å². The fraction of sp³-hybridized carbons (Fsp3) is 0.222. The second kappa shape index (κ2) is 6.33. The Kier molecular flexibility index (Phi) is 4.34. The van der Waals surface area contributed by atoms with Crippen LogP contribution in [0.1, 0.15) is 6.92 Å². The number of pyridine rings is 2. The van der Waals surface area contributed by atoms with E-state index in [9.17, 15) is 13.2 Å². The highest BCUT2D eigenvalue weighted by Crippen LogP contribution is 2.35. The summed E-state index contributed by atoms with van der Waals surface area (Å²) < 4.78 is 31.1. The van der Waals surface area contributed by atoms with Gasteiger partial charge < -0.3 is 9.30 Å². The molecule has 0 aliphatic heterocycles. The average molecular weight is 358 g/mol. The van der Waals surface area contributed by atoms with Gasteiger partial charge in [0.25, 0.3) is 5.56 Å². The molecule has 0 aliphatic carbocycles. The van der Waals surface area contributed by atoms with Crippen LogP contribution in [0.2, 0.25) is 0 Å². The number of hydrogen-bond acceptors (Lipinski definition) is 5. The molecule has 1 aromatic carbocycles. The summed E-state index contributed by atoms with van der Waals surface area (Å²) in [7, 11) is -1.72. The SMILES string of the molecule is CCOc1ccc(S(C)(=O)=O)cc1-c1cn(C)c(=O)c2ccncc12. The summed E-state index contributed by atoms with van der Waals surface area (Å²) >= 11 is 0. The topological polar surface area (TPSA) is 78.3 Å². The van der Waals surface area contributed by atoms with Crippen LogP contribution < -0.4 is 10.3 Å². The van der Waals surface area contributed by atoms with Crippen molar-refractivity contribution in [2.45, 2.75) is 11.8 Å². The van der Waals surface area contributed by atoms with Crippen LogP contribution in [0.3, 0.4) is 0 Å². The molecule has 2 heterocycles. The number of aryl methyl sites for hydroxylation is 1. The molecular formula is C18H18N2O4S. The summed E-state index contributed by atoms with van der Waals surface area (Å²) in [5.74, 6) is 0.554. The van der Waals surface area contributed by atoms with Gasteiger partial charge in [-0.2, -0.15) is 0 Å². The fourth-order valence-corrected chi connectivity index (χ4v) is 3.40. The Morgan fingerprint density at radius 1 is 1.16 bits per heavy atom. The van der Waals surface area contributed by atoms with Crippen LogP contribution in [0.5, 0.6) is 5.75 Å². The molecule has 25 heavy (non-hydrogen) atoms. The first-order valence-electron chi connectivity index (χ1n) is 7.73. The Bertz CT molecular complexity index is 1120. The van der Waals surface area contributed by atoms with Crippen LogP contribution in [0.15, 0.2) is 52.5 Å². The smallest absolute Gasteiger partial charge is 0.258 e. The maximum Gasteiger partial charge on any atom is 0.258 e. The maximum atomic E-state index is 12.4. The lowest BCUT2D eigenvalue weighted by Crippen LogP contribution is -2.16. The first kappa shape index (κ1) is 17.2. The molecule has 0 spiro atoms. The Hall–Kier alpha value is -2.67. The van der Waals surface area contributed by atoms with Gasteiger partial charge >= 0.3 is 0 Å². The molecular weight excluding hydrogens is 340 g/mol. The summed E-state index contributed by atoms with van der Waals surface area (Å²) in [6.07, 6.45) is 6.00. The second-order valence-corrected chi connectivity index (χ2v) is 7.76. The summed E-state index contributed by atoms with van der Waals surface area (Å²) in [6, 6.07) is 6.39. The van der Waals surface area contributed by atoms with Gasteiger partial charge in [-0.3, -0.25) is 9.78 Å². The second-order valence-electron chi connectivity index (χ2n) is 5.74. The number of nitrogens with zero attached hydrogens (tertiary/aromatic N) is 2. The van der Waals surface area contributed by atoms with Crippen LogP contribution in [-0.2, 0) is 16.9 Å². The number of rotatable bonds is 4. The summed E-state index contributed by atoms with van der Waals surface area (Å²) in [4.78, 5) is 16.7. The molecule has 3 aromatic rings. The number of sulfone groups is 1. The number of ether oxygens (including phenoxy) is 1. The summed E-state index contributed by atoms with van der Waals surface area (Å²) in [5.41, 5.74) is 1.16. The highest BCUT2D eigenvalue weighted by molar-refractivity contribution is 7.90. The molecule has 0 bridgehead atoms. The Morgan fingerprint density at radius 2 is 1.92 bits per heavy atom. The van der Waals surface area contributed by atoms with E-state index in [2.05, 4.69) is 4.98 Å². The molecule has 0 aliphatic rings. The minimum atomic E-state index is -3.38. The molecule has 0 unspecified atom stereocenters. The number of hydrogen-bond donors (Lipinski definition) is 0. The lowest BCUT2D eigenvalue weighted by Gasteiger charge is -2.15. The average Bonchev–Trinajstić information content (AvgIpc) is 2.58. The van der Waals surface area contributed by atoms with Crippen molar-refractivity contribution in [1.29, 1.82) is 0 Å². The van der Waals surface area contributed by atoms with Gasteiger partial charge in [-0.15, -0.1) is 0 Å². The Labute approximate surface area is 145 Å². The van der Waals surface area contributed by atoms with Crippen LogP contribution in [-0.4, -0.2) is 30.8 Å². The zero-order chi connectivity index (χ0) is 18.2. The third-order valence-corrected chi connectivity index (χ3v) is 5.06. The quantitative estimate of drug-likeness (QED) is 0.716. The van der Waals surface area contributed by atoms with Crippen molar-refractivity contribution in [1.82, 2.24) is 9.55 Å². The van der Waals surface area contributed by atoms with Crippen LogP contribution >= 0.6 is 0 Å². The molecule has 6 nitrogen and oxygen atoms in total. The first-order chi connectivity index (χ1) is 11.8.